The summed E-state index contributed by atoms with van der Waals surface area (Å²) in [5.41, 5.74) is 1.50. The fourth-order valence-electron chi connectivity index (χ4n) is 5.56. The minimum Gasteiger partial charge on any atom is -0.376 e. The summed E-state index contributed by atoms with van der Waals surface area (Å²) in [5, 5.41) is 9.91. The van der Waals surface area contributed by atoms with Crippen molar-refractivity contribution in [2.24, 2.45) is 0 Å². The van der Waals surface area contributed by atoms with E-state index in [0.29, 0.717) is 84.2 Å². The molecule has 0 radical (unpaired) electrons. The molecule has 1 amide bonds. The summed E-state index contributed by atoms with van der Waals surface area (Å²) >= 11 is 6.80. The van der Waals surface area contributed by atoms with E-state index in [1.165, 1.54) is 17.8 Å². The molecule has 0 aliphatic carbocycles. The minimum absolute atomic E-state index is 0.0263. The summed E-state index contributed by atoms with van der Waals surface area (Å²) < 4.78 is 22.3. The number of hydrogen-bond acceptors (Lipinski definition) is 8. The van der Waals surface area contributed by atoms with Crippen LogP contribution in [-0.2, 0) is 16.1 Å². The van der Waals surface area contributed by atoms with Crippen LogP contribution in [0.15, 0.2) is 34.0 Å². The number of para-hydroxylation sites is 1. The first kappa shape index (κ1) is 28.3. The first-order chi connectivity index (χ1) is 19.3. The average molecular weight is 582 g/mol. The van der Waals surface area contributed by atoms with Gasteiger partial charge in [-0.1, -0.05) is 43.0 Å². The van der Waals surface area contributed by atoms with Crippen LogP contribution in [0, 0.1) is 24.1 Å². The number of rotatable bonds is 7. The maximum absolute atomic E-state index is 14.5. The van der Waals surface area contributed by atoms with Crippen molar-refractivity contribution in [1.82, 2.24) is 9.47 Å². The Bertz CT molecular complexity index is 1450. The Morgan fingerprint density at radius 1 is 1.20 bits per heavy atom. The second-order valence-electron chi connectivity index (χ2n) is 10.2. The van der Waals surface area contributed by atoms with Gasteiger partial charge in [-0.2, -0.15) is 5.26 Å². The van der Waals surface area contributed by atoms with Crippen molar-refractivity contribution in [3.05, 3.63) is 62.0 Å². The number of thioether (sulfide) groups is 1. The molecule has 4 heterocycles. The molecule has 0 bridgehead atoms. The summed E-state index contributed by atoms with van der Waals surface area (Å²) in [4.78, 5) is 33.1. The number of thiocarbonyl (C=S) groups is 1. The highest BCUT2D eigenvalue weighted by Crippen LogP contribution is 2.37. The second-order valence-corrected chi connectivity index (χ2v) is 11.8. The fraction of sp³-hybridized carbons (Fsp3) is 0.448. The lowest BCUT2D eigenvalue weighted by molar-refractivity contribution is -0.123. The molecule has 0 spiro atoms. The molecule has 40 heavy (non-hydrogen) atoms. The lowest BCUT2D eigenvalue weighted by atomic mass is 10.0. The number of anilines is 2. The molecule has 3 saturated heterocycles. The smallest absolute Gasteiger partial charge is 0.270 e. The van der Waals surface area contributed by atoms with Crippen LogP contribution in [0.4, 0.5) is 15.9 Å². The van der Waals surface area contributed by atoms with Gasteiger partial charge in [-0.25, -0.2) is 4.39 Å². The van der Waals surface area contributed by atoms with E-state index in [2.05, 4.69) is 11.0 Å². The maximum Gasteiger partial charge on any atom is 0.270 e. The van der Waals surface area contributed by atoms with Crippen molar-refractivity contribution in [2.75, 3.05) is 49.1 Å². The molecule has 1 unspecified atom stereocenters. The molecule has 11 heteroatoms. The third kappa shape index (κ3) is 5.40. The zero-order valence-electron chi connectivity index (χ0n) is 22.7. The molecule has 2 aromatic rings. The van der Waals surface area contributed by atoms with E-state index >= 15 is 0 Å². The SMILES string of the molecule is CCCn1c(N2CCN(c3ccccc3F)CC2)c(/C=C2/SC(=S)N(CC3CCCO3)C2=O)c(C)c(C#N)c1=O. The van der Waals surface area contributed by atoms with E-state index in [0.717, 1.165) is 12.8 Å². The Labute approximate surface area is 243 Å². The van der Waals surface area contributed by atoms with E-state index in [1.807, 2.05) is 17.9 Å². The molecule has 1 aromatic carbocycles. The van der Waals surface area contributed by atoms with Crippen LogP contribution in [0.2, 0.25) is 0 Å². The molecule has 3 fully saturated rings. The molecule has 1 aromatic heterocycles. The molecule has 0 N–H and O–H groups in total. The summed E-state index contributed by atoms with van der Waals surface area (Å²) in [6.07, 6.45) is 4.32. The highest BCUT2D eigenvalue weighted by molar-refractivity contribution is 8.26. The number of pyridine rings is 1. The number of piperazine rings is 1. The van der Waals surface area contributed by atoms with Gasteiger partial charge in [-0.05, 0) is 50.0 Å². The molecule has 3 aliphatic rings. The first-order valence-electron chi connectivity index (χ1n) is 13.6. The minimum atomic E-state index is -0.337. The zero-order valence-corrected chi connectivity index (χ0v) is 24.3. The Balaban J connectivity index is 1.53. The fourth-order valence-corrected chi connectivity index (χ4v) is 6.82. The van der Waals surface area contributed by atoms with Gasteiger partial charge in [0.25, 0.3) is 11.5 Å². The van der Waals surface area contributed by atoms with Gasteiger partial charge in [-0.15, -0.1) is 0 Å². The van der Waals surface area contributed by atoms with Gasteiger partial charge in [0.2, 0.25) is 0 Å². The molecule has 8 nitrogen and oxygen atoms in total. The average Bonchev–Trinajstić information content (AvgIpc) is 3.56. The number of amides is 1. The number of nitrogens with zero attached hydrogens (tertiary/aromatic N) is 5. The molecular formula is C29H32FN5O3S2. The number of hydrogen-bond donors (Lipinski definition) is 0. The van der Waals surface area contributed by atoms with E-state index < -0.39 is 0 Å². The van der Waals surface area contributed by atoms with E-state index in [1.54, 1.807) is 34.6 Å². The van der Waals surface area contributed by atoms with E-state index in [4.69, 9.17) is 17.0 Å². The quantitative estimate of drug-likeness (QED) is 0.354. The third-order valence-corrected chi connectivity index (χ3v) is 9.00. The number of nitriles is 1. The van der Waals surface area contributed by atoms with Crippen LogP contribution in [0.5, 0.6) is 0 Å². The molecule has 5 rings (SSSR count). The van der Waals surface area contributed by atoms with Crippen LogP contribution in [0.3, 0.4) is 0 Å². The maximum atomic E-state index is 14.5. The van der Waals surface area contributed by atoms with Gasteiger partial charge < -0.3 is 14.5 Å². The van der Waals surface area contributed by atoms with Crippen molar-refractivity contribution in [2.45, 2.75) is 45.8 Å². The number of halogens is 1. The Kier molecular flexibility index (Phi) is 8.59. The summed E-state index contributed by atoms with van der Waals surface area (Å²) in [6.45, 7) is 7.49. The topological polar surface area (TPSA) is 81.8 Å². The molecule has 0 saturated carbocycles. The monoisotopic (exact) mass is 581 g/mol. The number of ether oxygens (including phenoxy) is 1. The van der Waals surface area contributed by atoms with Gasteiger partial charge in [0.15, 0.2) is 0 Å². The number of carbonyl (C=O) groups is 1. The lowest BCUT2D eigenvalue weighted by Gasteiger charge is -2.39. The predicted octanol–water partition coefficient (Wildman–Crippen LogP) is 4.28. The zero-order chi connectivity index (χ0) is 28.4. The first-order valence-corrected chi connectivity index (χ1v) is 14.8. The van der Waals surface area contributed by atoms with Gasteiger partial charge >= 0.3 is 0 Å². The molecule has 210 valence electrons. The number of benzene rings is 1. The summed E-state index contributed by atoms with van der Waals surface area (Å²) in [5.74, 6) is 0.228. The van der Waals surface area contributed by atoms with Crippen molar-refractivity contribution in [3.8, 4) is 6.07 Å². The predicted molar refractivity (Wildman–Crippen MR) is 160 cm³/mol. The molecule has 3 aliphatic heterocycles. The van der Waals surface area contributed by atoms with E-state index in [9.17, 15) is 19.2 Å². The van der Waals surface area contributed by atoms with Crippen LogP contribution in [-0.4, -0.2) is 65.1 Å². The standard InChI is InChI=1S/C29H32FN5O3S2/c1-3-10-34-26(33-13-11-32(12-14-33)24-9-5-4-8-23(24)30)21(19(2)22(17-31)27(34)36)16-25-28(37)35(29(39)40-25)18-20-7-6-15-38-20/h4-5,8-9,16,20H,3,6-7,10-15,18H2,1-2H3/b25-16+. The molecule has 1 atom stereocenters. The van der Waals surface area contributed by atoms with Crippen molar-refractivity contribution in [1.29, 1.82) is 5.26 Å². The van der Waals surface area contributed by atoms with Gasteiger partial charge in [0, 0.05) is 44.9 Å². The van der Waals surface area contributed by atoms with Crippen LogP contribution >= 0.6 is 24.0 Å². The van der Waals surface area contributed by atoms with Crippen LogP contribution < -0.4 is 15.4 Å². The van der Waals surface area contributed by atoms with Crippen molar-refractivity contribution in [3.63, 3.8) is 0 Å². The van der Waals surface area contributed by atoms with Crippen LogP contribution in [0.25, 0.3) is 6.08 Å². The highest BCUT2D eigenvalue weighted by Gasteiger charge is 2.36. The summed E-state index contributed by atoms with van der Waals surface area (Å²) in [6, 6.07) is 8.82. The normalized spacial score (nSPS) is 20.6. The lowest BCUT2D eigenvalue weighted by Crippen LogP contribution is -2.49. The van der Waals surface area contributed by atoms with Crippen molar-refractivity contribution < 1.29 is 13.9 Å². The van der Waals surface area contributed by atoms with Crippen molar-refractivity contribution >= 4 is 51.8 Å². The Hall–Kier alpha value is -3.20. The van der Waals surface area contributed by atoms with Gasteiger partial charge in [0.1, 0.15) is 27.6 Å². The van der Waals surface area contributed by atoms with E-state index in [-0.39, 0.29) is 29.0 Å². The molecular weight excluding hydrogens is 549 g/mol. The van der Waals surface area contributed by atoms with Gasteiger partial charge in [-0.3, -0.25) is 19.1 Å². The third-order valence-electron chi connectivity index (χ3n) is 7.63. The summed E-state index contributed by atoms with van der Waals surface area (Å²) in [7, 11) is 0. The highest BCUT2D eigenvalue weighted by atomic mass is 32.2. The second kappa shape index (κ2) is 12.1. The van der Waals surface area contributed by atoms with Gasteiger partial charge in [0.05, 0.1) is 23.2 Å². The van der Waals surface area contributed by atoms with Crippen LogP contribution in [0.1, 0.15) is 42.9 Å². The number of carbonyl (C=O) groups excluding carboxylic acids is 1. The number of aromatic nitrogens is 1. The Morgan fingerprint density at radius 2 is 1.93 bits per heavy atom. The Morgan fingerprint density at radius 3 is 2.58 bits per heavy atom. The largest absolute Gasteiger partial charge is 0.376 e.